The highest BCUT2D eigenvalue weighted by Crippen LogP contribution is 2.37. The molecule has 1 saturated heterocycles. The minimum atomic E-state index is 0.166. The fraction of sp³-hybridized carbons (Fsp3) is 0.391. The first-order valence-electron chi connectivity index (χ1n) is 10.1. The summed E-state index contributed by atoms with van der Waals surface area (Å²) in [7, 11) is 0. The summed E-state index contributed by atoms with van der Waals surface area (Å²) in [5.41, 5.74) is 3.30. The maximum absolute atomic E-state index is 12.5. The SMILES string of the molecule is Cc1cccc(OCCn2c(C3CC(=O)N(C4CC4)C3)nc3ccccc32)c1. The molecule has 1 saturated carbocycles. The molecule has 5 heteroatoms. The number of para-hydroxylation sites is 2. The number of hydrogen-bond donors (Lipinski definition) is 0. The molecule has 0 N–H and O–H groups in total. The van der Waals surface area contributed by atoms with Gasteiger partial charge in [-0.1, -0.05) is 24.3 Å². The normalized spacial score (nSPS) is 19.5. The summed E-state index contributed by atoms with van der Waals surface area (Å²) in [5, 5.41) is 0. The zero-order chi connectivity index (χ0) is 19.1. The number of likely N-dealkylation sites (tertiary alicyclic amines) is 1. The number of amides is 1. The number of benzene rings is 2. The fourth-order valence-electron chi connectivity index (χ4n) is 4.24. The second-order valence-corrected chi connectivity index (χ2v) is 7.95. The van der Waals surface area contributed by atoms with Crippen LogP contribution in [-0.4, -0.2) is 39.6 Å². The van der Waals surface area contributed by atoms with Crippen molar-refractivity contribution in [2.75, 3.05) is 13.2 Å². The lowest BCUT2D eigenvalue weighted by molar-refractivity contribution is -0.128. The van der Waals surface area contributed by atoms with E-state index in [1.807, 2.05) is 30.3 Å². The zero-order valence-electron chi connectivity index (χ0n) is 16.2. The van der Waals surface area contributed by atoms with Crippen LogP contribution in [-0.2, 0) is 11.3 Å². The van der Waals surface area contributed by atoms with Crippen LogP contribution in [0.3, 0.4) is 0 Å². The minimum absolute atomic E-state index is 0.166. The molecule has 1 aromatic heterocycles. The van der Waals surface area contributed by atoms with Gasteiger partial charge in [0.2, 0.25) is 5.91 Å². The first kappa shape index (κ1) is 17.3. The maximum atomic E-state index is 12.5. The third-order valence-corrected chi connectivity index (χ3v) is 5.77. The average Bonchev–Trinajstić information content (AvgIpc) is 3.36. The molecular weight excluding hydrogens is 350 g/mol. The molecule has 2 aliphatic rings. The summed E-state index contributed by atoms with van der Waals surface area (Å²) in [6.45, 7) is 4.16. The van der Waals surface area contributed by atoms with Gasteiger partial charge in [-0.2, -0.15) is 0 Å². The Labute approximate surface area is 164 Å². The van der Waals surface area contributed by atoms with E-state index in [1.165, 1.54) is 5.56 Å². The molecule has 0 bridgehead atoms. The summed E-state index contributed by atoms with van der Waals surface area (Å²) in [4.78, 5) is 19.4. The number of fused-ring (bicyclic) bond motifs is 1. The van der Waals surface area contributed by atoms with E-state index in [2.05, 4.69) is 34.6 Å². The van der Waals surface area contributed by atoms with E-state index in [4.69, 9.17) is 9.72 Å². The molecule has 1 amide bonds. The molecule has 0 spiro atoms. The van der Waals surface area contributed by atoms with Gasteiger partial charge in [0, 0.05) is 24.9 Å². The van der Waals surface area contributed by atoms with Gasteiger partial charge in [0.05, 0.1) is 17.6 Å². The van der Waals surface area contributed by atoms with Gasteiger partial charge in [-0.15, -0.1) is 0 Å². The average molecular weight is 375 g/mol. The standard InChI is InChI=1S/C23H25N3O2/c1-16-5-4-6-19(13-16)28-12-11-25-21-8-3-2-7-20(21)24-23(25)17-14-22(27)26(15-17)18-9-10-18/h2-8,13,17-18H,9-12,14-15H2,1H3. The summed E-state index contributed by atoms with van der Waals surface area (Å²) < 4.78 is 8.24. The molecule has 1 aliphatic carbocycles. The van der Waals surface area contributed by atoms with E-state index in [0.717, 1.165) is 48.5 Å². The number of rotatable bonds is 6. The van der Waals surface area contributed by atoms with E-state index < -0.39 is 0 Å². The Balaban J connectivity index is 1.39. The van der Waals surface area contributed by atoms with Crippen molar-refractivity contribution >= 4 is 16.9 Å². The Morgan fingerprint density at radius 1 is 1.14 bits per heavy atom. The molecule has 1 atom stereocenters. The first-order valence-corrected chi connectivity index (χ1v) is 10.1. The number of nitrogens with zero attached hydrogens (tertiary/aromatic N) is 3. The lowest BCUT2D eigenvalue weighted by atomic mass is 10.1. The highest BCUT2D eigenvalue weighted by molar-refractivity contribution is 5.81. The van der Waals surface area contributed by atoms with Crippen LogP contribution in [0, 0.1) is 6.92 Å². The third kappa shape index (κ3) is 3.26. The molecule has 5 rings (SSSR count). The molecule has 3 aromatic rings. The Hall–Kier alpha value is -2.82. The van der Waals surface area contributed by atoms with Crippen LogP contribution in [0.1, 0.15) is 36.6 Å². The smallest absolute Gasteiger partial charge is 0.223 e. The van der Waals surface area contributed by atoms with Crippen LogP contribution >= 0.6 is 0 Å². The van der Waals surface area contributed by atoms with Crippen molar-refractivity contribution in [2.24, 2.45) is 0 Å². The molecule has 5 nitrogen and oxygen atoms in total. The van der Waals surface area contributed by atoms with Crippen LogP contribution < -0.4 is 4.74 Å². The summed E-state index contributed by atoms with van der Waals surface area (Å²) in [6, 6.07) is 16.8. The van der Waals surface area contributed by atoms with Gasteiger partial charge in [0.15, 0.2) is 0 Å². The maximum Gasteiger partial charge on any atom is 0.223 e. The van der Waals surface area contributed by atoms with Crippen molar-refractivity contribution in [3.63, 3.8) is 0 Å². The quantitative estimate of drug-likeness (QED) is 0.656. The van der Waals surface area contributed by atoms with E-state index in [9.17, 15) is 4.79 Å². The monoisotopic (exact) mass is 375 g/mol. The summed E-state index contributed by atoms with van der Waals surface area (Å²) >= 11 is 0. The Bertz CT molecular complexity index is 1020. The lowest BCUT2D eigenvalue weighted by Gasteiger charge is -2.17. The number of aryl methyl sites for hydroxylation is 1. The second-order valence-electron chi connectivity index (χ2n) is 7.95. The van der Waals surface area contributed by atoms with Crippen molar-refractivity contribution in [1.29, 1.82) is 0 Å². The number of carbonyl (C=O) groups excluding carboxylic acids is 1. The van der Waals surface area contributed by atoms with Crippen molar-refractivity contribution in [2.45, 2.75) is 44.7 Å². The number of ether oxygens (including phenoxy) is 1. The third-order valence-electron chi connectivity index (χ3n) is 5.77. The van der Waals surface area contributed by atoms with Gasteiger partial charge >= 0.3 is 0 Å². The topological polar surface area (TPSA) is 47.4 Å². The van der Waals surface area contributed by atoms with Crippen LogP contribution in [0.25, 0.3) is 11.0 Å². The Morgan fingerprint density at radius 2 is 2.00 bits per heavy atom. The molecular formula is C23H25N3O2. The van der Waals surface area contributed by atoms with E-state index in [-0.39, 0.29) is 11.8 Å². The molecule has 0 radical (unpaired) electrons. The molecule has 2 fully saturated rings. The Kier molecular flexibility index (Phi) is 4.30. The second kappa shape index (κ2) is 6.97. The first-order chi connectivity index (χ1) is 13.7. The van der Waals surface area contributed by atoms with Crippen molar-refractivity contribution < 1.29 is 9.53 Å². The van der Waals surface area contributed by atoms with Crippen LogP contribution in [0.4, 0.5) is 0 Å². The van der Waals surface area contributed by atoms with Crippen molar-refractivity contribution in [3.05, 3.63) is 59.9 Å². The number of aromatic nitrogens is 2. The summed E-state index contributed by atoms with van der Waals surface area (Å²) in [6.07, 6.45) is 2.87. The molecule has 2 aromatic carbocycles. The van der Waals surface area contributed by atoms with E-state index in [1.54, 1.807) is 0 Å². The number of carbonyl (C=O) groups is 1. The van der Waals surface area contributed by atoms with Crippen LogP contribution in [0.15, 0.2) is 48.5 Å². The molecule has 1 unspecified atom stereocenters. The van der Waals surface area contributed by atoms with Crippen molar-refractivity contribution in [1.82, 2.24) is 14.5 Å². The molecule has 28 heavy (non-hydrogen) atoms. The predicted molar refractivity (Wildman–Crippen MR) is 109 cm³/mol. The predicted octanol–water partition coefficient (Wildman–Crippen LogP) is 3.90. The highest BCUT2D eigenvalue weighted by atomic mass is 16.5. The van der Waals surface area contributed by atoms with Gasteiger partial charge in [0.25, 0.3) is 0 Å². The number of imidazole rings is 1. The molecule has 2 heterocycles. The van der Waals surface area contributed by atoms with E-state index in [0.29, 0.717) is 19.1 Å². The van der Waals surface area contributed by atoms with E-state index >= 15 is 0 Å². The lowest BCUT2D eigenvalue weighted by Crippen LogP contribution is -2.27. The van der Waals surface area contributed by atoms with Gasteiger partial charge in [0.1, 0.15) is 18.2 Å². The largest absolute Gasteiger partial charge is 0.492 e. The van der Waals surface area contributed by atoms with Gasteiger partial charge in [-0.25, -0.2) is 4.98 Å². The zero-order valence-corrected chi connectivity index (χ0v) is 16.2. The van der Waals surface area contributed by atoms with Gasteiger partial charge < -0.3 is 14.2 Å². The summed E-state index contributed by atoms with van der Waals surface area (Å²) in [5.74, 6) is 2.36. The number of hydrogen-bond acceptors (Lipinski definition) is 3. The minimum Gasteiger partial charge on any atom is -0.492 e. The van der Waals surface area contributed by atoms with Crippen molar-refractivity contribution in [3.8, 4) is 5.75 Å². The molecule has 1 aliphatic heterocycles. The highest BCUT2D eigenvalue weighted by Gasteiger charge is 2.41. The van der Waals surface area contributed by atoms with Crippen LogP contribution in [0.2, 0.25) is 0 Å². The van der Waals surface area contributed by atoms with Gasteiger partial charge in [-0.05, 0) is 49.6 Å². The Morgan fingerprint density at radius 3 is 2.82 bits per heavy atom. The van der Waals surface area contributed by atoms with Gasteiger partial charge in [-0.3, -0.25) is 4.79 Å². The fourth-order valence-corrected chi connectivity index (χ4v) is 4.24. The van der Waals surface area contributed by atoms with Crippen LogP contribution in [0.5, 0.6) is 5.75 Å². The molecule has 144 valence electrons.